The topological polar surface area (TPSA) is 29.9 Å². The second-order valence-corrected chi connectivity index (χ2v) is 4.42. The highest BCUT2D eigenvalue weighted by Gasteiger charge is 2.08. The summed E-state index contributed by atoms with van der Waals surface area (Å²) < 4.78 is 2.13. The maximum atomic E-state index is 4.46. The maximum absolute atomic E-state index is 4.46. The molecule has 3 heteroatoms. The molecular formula is C14H19N3. The number of pyridine rings is 1. The molecule has 0 bridgehead atoms. The van der Waals surface area contributed by atoms with Gasteiger partial charge in [0.15, 0.2) is 0 Å². The molecule has 2 aromatic rings. The molecule has 0 aromatic carbocycles. The lowest BCUT2D eigenvalue weighted by molar-refractivity contribution is 0.774. The van der Waals surface area contributed by atoms with Crippen LogP contribution in [0.4, 0.5) is 0 Å². The van der Waals surface area contributed by atoms with Crippen LogP contribution in [-0.2, 0) is 13.5 Å². The van der Waals surface area contributed by atoms with Crippen molar-refractivity contribution in [1.82, 2.24) is 14.9 Å². The van der Waals surface area contributed by atoms with Gasteiger partial charge in [0.25, 0.3) is 0 Å². The van der Waals surface area contributed by atoms with Gasteiger partial charge in [0.05, 0.1) is 11.0 Å². The largest absolute Gasteiger partial charge is 0.349 e. The molecule has 17 heavy (non-hydrogen) atoms. The van der Waals surface area contributed by atoms with Crippen LogP contribution in [0.5, 0.6) is 0 Å². The summed E-state index contributed by atoms with van der Waals surface area (Å²) >= 11 is 0. The van der Waals surface area contributed by atoms with Crippen LogP contribution in [-0.4, -0.2) is 23.1 Å². The number of nitrogens with one attached hydrogen (secondary N) is 1. The van der Waals surface area contributed by atoms with E-state index in [-0.39, 0.29) is 0 Å². The lowest BCUT2D eigenvalue weighted by Gasteiger charge is -2.03. The molecule has 0 aliphatic heterocycles. The first-order valence-electron chi connectivity index (χ1n) is 5.92. The Morgan fingerprint density at radius 2 is 2.35 bits per heavy atom. The molecular weight excluding hydrogens is 210 g/mol. The van der Waals surface area contributed by atoms with Crippen LogP contribution in [0.3, 0.4) is 0 Å². The van der Waals surface area contributed by atoms with E-state index in [1.165, 1.54) is 16.7 Å². The van der Waals surface area contributed by atoms with Gasteiger partial charge in [-0.1, -0.05) is 12.2 Å². The van der Waals surface area contributed by atoms with Crippen molar-refractivity contribution in [3.63, 3.8) is 0 Å². The summed E-state index contributed by atoms with van der Waals surface area (Å²) in [6.45, 7) is 5.11. The van der Waals surface area contributed by atoms with Crippen LogP contribution in [0.25, 0.3) is 11.0 Å². The van der Waals surface area contributed by atoms with Gasteiger partial charge in [-0.05, 0) is 38.6 Å². The van der Waals surface area contributed by atoms with Crippen molar-refractivity contribution in [3.05, 3.63) is 42.2 Å². The molecule has 2 heterocycles. The van der Waals surface area contributed by atoms with Crippen molar-refractivity contribution in [3.8, 4) is 0 Å². The molecule has 0 saturated heterocycles. The molecule has 0 radical (unpaired) electrons. The molecule has 0 saturated carbocycles. The Bertz CT molecular complexity index is 525. The zero-order valence-electron chi connectivity index (χ0n) is 10.5. The third kappa shape index (κ3) is 2.56. The van der Waals surface area contributed by atoms with E-state index in [4.69, 9.17) is 0 Å². The van der Waals surface area contributed by atoms with Gasteiger partial charge in [0, 0.05) is 25.0 Å². The molecule has 0 fully saturated rings. The summed E-state index contributed by atoms with van der Waals surface area (Å²) in [4.78, 5) is 4.46. The molecule has 0 unspecified atom stereocenters. The summed E-state index contributed by atoms with van der Waals surface area (Å²) in [5.41, 5.74) is 4.80. The number of hydrogen-bond donors (Lipinski definition) is 1. The average Bonchev–Trinajstić information content (AvgIpc) is 2.65. The zero-order valence-corrected chi connectivity index (χ0v) is 10.5. The number of aryl methyl sites for hydroxylation is 1. The zero-order chi connectivity index (χ0) is 12.3. The third-order valence-electron chi connectivity index (χ3n) is 2.99. The van der Waals surface area contributed by atoms with Gasteiger partial charge in [-0.3, -0.25) is 4.98 Å². The molecule has 3 nitrogen and oxygen atoms in total. The monoisotopic (exact) mass is 229 g/mol. The highest BCUT2D eigenvalue weighted by Crippen LogP contribution is 2.20. The number of aromatic nitrogens is 2. The fourth-order valence-electron chi connectivity index (χ4n) is 2.08. The van der Waals surface area contributed by atoms with Crippen molar-refractivity contribution in [2.24, 2.45) is 7.05 Å². The van der Waals surface area contributed by atoms with Gasteiger partial charge in [-0.2, -0.15) is 0 Å². The summed E-state index contributed by atoms with van der Waals surface area (Å²) in [5.74, 6) is 0. The molecule has 0 atom stereocenters. The molecule has 2 aromatic heterocycles. The van der Waals surface area contributed by atoms with Gasteiger partial charge < -0.3 is 9.88 Å². The van der Waals surface area contributed by atoms with Crippen molar-refractivity contribution >= 4 is 11.0 Å². The molecule has 90 valence electrons. The second-order valence-electron chi connectivity index (χ2n) is 4.42. The lowest BCUT2D eigenvalue weighted by atomic mass is 10.1. The number of nitrogens with zero attached hydrogens (tertiary/aromatic N) is 2. The first-order valence-corrected chi connectivity index (χ1v) is 5.92. The van der Waals surface area contributed by atoms with E-state index in [1.807, 2.05) is 19.3 Å². The van der Waals surface area contributed by atoms with E-state index in [1.54, 1.807) is 0 Å². The van der Waals surface area contributed by atoms with Crippen LogP contribution in [0.2, 0.25) is 0 Å². The summed E-state index contributed by atoms with van der Waals surface area (Å²) in [6, 6.07) is 4.07. The molecule has 0 amide bonds. The standard InChI is InChI=1S/C14H19N3/c1-11(6-8-15-2)9-12-10-17(3)13-5-4-7-16-14(12)13/h4-5,7,10,15H,1,6,8-9H2,2-3H3. The Labute approximate surface area is 102 Å². The van der Waals surface area contributed by atoms with Gasteiger partial charge in [0.1, 0.15) is 0 Å². The van der Waals surface area contributed by atoms with Crippen LogP contribution >= 0.6 is 0 Å². The van der Waals surface area contributed by atoms with E-state index in [2.05, 4.69) is 40.8 Å². The average molecular weight is 229 g/mol. The number of rotatable bonds is 5. The normalized spacial score (nSPS) is 10.9. The van der Waals surface area contributed by atoms with E-state index >= 15 is 0 Å². The van der Waals surface area contributed by atoms with Gasteiger partial charge in [-0.25, -0.2) is 0 Å². The van der Waals surface area contributed by atoms with Crippen molar-refractivity contribution in [1.29, 1.82) is 0 Å². The van der Waals surface area contributed by atoms with Crippen LogP contribution in [0.1, 0.15) is 12.0 Å². The fraction of sp³-hybridized carbons (Fsp3) is 0.357. The van der Waals surface area contributed by atoms with Gasteiger partial charge >= 0.3 is 0 Å². The molecule has 0 spiro atoms. The Morgan fingerprint density at radius 1 is 1.53 bits per heavy atom. The van der Waals surface area contributed by atoms with E-state index < -0.39 is 0 Å². The van der Waals surface area contributed by atoms with Crippen molar-refractivity contribution in [2.75, 3.05) is 13.6 Å². The predicted octanol–water partition coefficient (Wildman–Crippen LogP) is 2.28. The van der Waals surface area contributed by atoms with E-state index in [9.17, 15) is 0 Å². The third-order valence-corrected chi connectivity index (χ3v) is 2.99. The SMILES string of the molecule is C=C(CCNC)Cc1cn(C)c2cccnc12. The minimum atomic E-state index is 0.913. The van der Waals surface area contributed by atoms with Gasteiger partial charge in [0.2, 0.25) is 0 Å². The van der Waals surface area contributed by atoms with Crippen molar-refractivity contribution in [2.45, 2.75) is 12.8 Å². The van der Waals surface area contributed by atoms with Crippen LogP contribution in [0.15, 0.2) is 36.7 Å². The van der Waals surface area contributed by atoms with E-state index in [0.29, 0.717) is 0 Å². The Hall–Kier alpha value is -1.61. The maximum Gasteiger partial charge on any atom is 0.0916 e. The van der Waals surface area contributed by atoms with Crippen molar-refractivity contribution < 1.29 is 0 Å². The number of fused-ring (bicyclic) bond motifs is 1. The summed E-state index contributed by atoms with van der Waals surface area (Å²) in [6.07, 6.45) is 5.93. The predicted molar refractivity (Wildman–Crippen MR) is 72.1 cm³/mol. The Kier molecular flexibility index (Phi) is 3.59. The highest BCUT2D eigenvalue weighted by atomic mass is 14.9. The van der Waals surface area contributed by atoms with E-state index in [0.717, 1.165) is 24.9 Å². The van der Waals surface area contributed by atoms with Crippen LogP contribution in [0, 0.1) is 0 Å². The Balaban J connectivity index is 2.21. The quantitative estimate of drug-likeness (QED) is 0.797. The first-order chi connectivity index (χ1) is 8.22. The molecule has 0 aliphatic carbocycles. The minimum Gasteiger partial charge on any atom is -0.349 e. The minimum absolute atomic E-state index is 0.913. The first kappa shape index (κ1) is 11.9. The summed E-state index contributed by atoms with van der Waals surface area (Å²) in [7, 11) is 4.02. The number of hydrogen-bond acceptors (Lipinski definition) is 2. The molecule has 0 aliphatic rings. The molecule has 1 N–H and O–H groups in total. The second kappa shape index (κ2) is 5.15. The molecule has 2 rings (SSSR count). The Morgan fingerprint density at radius 3 is 3.12 bits per heavy atom. The summed E-state index contributed by atoms with van der Waals surface area (Å²) in [5, 5.41) is 3.15. The smallest absolute Gasteiger partial charge is 0.0916 e. The lowest BCUT2D eigenvalue weighted by Crippen LogP contribution is -2.08. The highest BCUT2D eigenvalue weighted by molar-refractivity contribution is 5.79. The fourth-order valence-corrected chi connectivity index (χ4v) is 2.08. The van der Waals surface area contributed by atoms with Gasteiger partial charge in [-0.15, -0.1) is 0 Å². The van der Waals surface area contributed by atoms with Crippen LogP contribution < -0.4 is 5.32 Å².